The minimum Gasteiger partial charge on any atom is -0.492 e. The first-order chi connectivity index (χ1) is 9.22. The van der Waals surface area contributed by atoms with Crippen molar-refractivity contribution in [2.75, 3.05) is 13.2 Å². The van der Waals surface area contributed by atoms with Gasteiger partial charge in [-0.3, -0.25) is 4.90 Å². The number of aryl methyl sites for hydroxylation is 1. The van der Waals surface area contributed by atoms with Gasteiger partial charge in [-0.15, -0.1) is 0 Å². The van der Waals surface area contributed by atoms with Gasteiger partial charge in [-0.05, 0) is 25.1 Å². The number of nitrogens with one attached hydrogen (secondary N) is 1. The fourth-order valence-corrected chi connectivity index (χ4v) is 2.51. The number of halogens is 1. The van der Waals surface area contributed by atoms with Crippen molar-refractivity contribution in [2.45, 2.75) is 20.0 Å². The summed E-state index contributed by atoms with van der Waals surface area (Å²) in [6, 6.07) is 5.79. The Hall–Kier alpha value is -1.52. The zero-order chi connectivity index (χ0) is 13.2. The minimum atomic E-state index is 0.693. The summed E-state index contributed by atoms with van der Waals surface area (Å²) in [6.07, 6.45) is 1.74. The van der Waals surface area contributed by atoms with E-state index in [4.69, 9.17) is 16.3 Å². The van der Waals surface area contributed by atoms with Crippen LogP contribution in [0.15, 0.2) is 24.5 Å². The molecule has 0 aliphatic carbocycles. The smallest absolute Gasteiger partial charge is 0.123 e. The first-order valence-electron chi connectivity index (χ1n) is 6.35. The monoisotopic (exact) mass is 277 g/mol. The average Bonchev–Trinajstić information content (AvgIpc) is 2.67. The third-order valence-electron chi connectivity index (χ3n) is 3.39. The van der Waals surface area contributed by atoms with Crippen LogP contribution in [-0.4, -0.2) is 28.0 Å². The van der Waals surface area contributed by atoms with Crippen LogP contribution in [0.5, 0.6) is 5.75 Å². The van der Waals surface area contributed by atoms with Gasteiger partial charge in [-0.2, -0.15) is 0 Å². The van der Waals surface area contributed by atoms with E-state index < -0.39 is 0 Å². The maximum absolute atomic E-state index is 6.05. The fourth-order valence-electron chi connectivity index (χ4n) is 2.31. The van der Waals surface area contributed by atoms with Crippen molar-refractivity contribution in [3.63, 3.8) is 0 Å². The lowest BCUT2D eigenvalue weighted by molar-refractivity contribution is 0.217. The molecule has 0 atom stereocenters. The number of aromatic amines is 1. The zero-order valence-corrected chi connectivity index (χ0v) is 11.6. The summed E-state index contributed by atoms with van der Waals surface area (Å²) >= 11 is 6.05. The van der Waals surface area contributed by atoms with Crippen LogP contribution >= 0.6 is 11.6 Å². The third-order valence-corrected chi connectivity index (χ3v) is 3.62. The second-order valence-corrected chi connectivity index (χ2v) is 5.22. The van der Waals surface area contributed by atoms with E-state index in [1.54, 1.807) is 6.33 Å². The second kappa shape index (κ2) is 5.23. The van der Waals surface area contributed by atoms with Crippen molar-refractivity contribution in [2.24, 2.45) is 0 Å². The van der Waals surface area contributed by atoms with Gasteiger partial charge >= 0.3 is 0 Å². The van der Waals surface area contributed by atoms with Crippen LogP contribution in [0.1, 0.15) is 17.0 Å². The molecule has 100 valence electrons. The third kappa shape index (κ3) is 2.74. The normalized spacial score (nSPS) is 15.7. The molecule has 1 aliphatic rings. The van der Waals surface area contributed by atoms with Crippen molar-refractivity contribution in [3.8, 4) is 5.75 Å². The Bertz CT molecular complexity index is 582. The minimum absolute atomic E-state index is 0.693. The SMILES string of the molecule is Cc1[nH]cnc1CN1CCOc2ccc(Cl)cc2C1. The van der Waals surface area contributed by atoms with Gasteiger partial charge in [0.05, 0.1) is 12.0 Å². The van der Waals surface area contributed by atoms with Crippen molar-refractivity contribution < 1.29 is 4.74 Å². The van der Waals surface area contributed by atoms with E-state index in [-0.39, 0.29) is 0 Å². The van der Waals surface area contributed by atoms with E-state index in [1.807, 2.05) is 25.1 Å². The highest BCUT2D eigenvalue weighted by atomic mass is 35.5. The van der Waals surface area contributed by atoms with Crippen LogP contribution in [0.25, 0.3) is 0 Å². The molecule has 1 aromatic heterocycles. The van der Waals surface area contributed by atoms with E-state index in [0.29, 0.717) is 6.61 Å². The van der Waals surface area contributed by atoms with Gasteiger partial charge in [-0.1, -0.05) is 11.6 Å². The summed E-state index contributed by atoms with van der Waals surface area (Å²) in [5.74, 6) is 0.936. The predicted molar refractivity (Wildman–Crippen MR) is 74.4 cm³/mol. The quantitative estimate of drug-likeness (QED) is 0.918. The maximum atomic E-state index is 6.05. The Morgan fingerprint density at radius 2 is 2.37 bits per heavy atom. The molecular formula is C14H16ClN3O. The molecule has 1 aromatic carbocycles. The van der Waals surface area contributed by atoms with Crippen molar-refractivity contribution in [3.05, 3.63) is 46.5 Å². The molecule has 0 saturated carbocycles. The van der Waals surface area contributed by atoms with E-state index in [0.717, 1.165) is 47.4 Å². The number of benzene rings is 1. The summed E-state index contributed by atoms with van der Waals surface area (Å²) in [5.41, 5.74) is 3.35. The number of nitrogens with zero attached hydrogens (tertiary/aromatic N) is 2. The number of ether oxygens (including phenoxy) is 1. The highest BCUT2D eigenvalue weighted by molar-refractivity contribution is 6.30. The Morgan fingerprint density at radius 1 is 1.47 bits per heavy atom. The van der Waals surface area contributed by atoms with E-state index in [9.17, 15) is 0 Å². The zero-order valence-electron chi connectivity index (χ0n) is 10.8. The predicted octanol–water partition coefficient (Wildman–Crippen LogP) is 2.77. The standard InChI is InChI=1S/C14H16ClN3O/c1-10-13(17-9-16-10)8-18-4-5-19-14-3-2-12(15)6-11(14)7-18/h2-3,6,9H,4-5,7-8H2,1H3,(H,16,17). The first-order valence-corrected chi connectivity index (χ1v) is 6.72. The van der Waals surface area contributed by atoms with Crippen LogP contribution in [-0.2, 0) is 13.1 Å². The topological polar surface area (TPSA) is 41.2 Å². The van der Waals surface area contributed by atoms with E-state index >= 15 is 0 Å². The van der Waals surface area contributed by atoms with Crippen LogP contribution in [0.2, 0.25) is 5.02 Å². The van der Waals surface area contributed by atoms with Crippen LogP contribution in [0.4, 0.5) is 0 Å². The van der Waals surface area contributed by atoms with Gasteiger partial charge in [0, 0.05) is 35.9 Å². The molecular weight excluding hydrogens is 262 g/mol. The molecule has 2 aromatic rings. The van der Waals surface area contributed by atoms with Gasteiger partial charge in [0.15, 0.2) is 0 Å². The molecule has 5 heteroatoms. The molecule has 4 nitrogen and oxygen atoms in total. The number of aromatic nitrogens is 2. The lowest BCUT2D eigenvalue weighted by atomic mass is 10.2. The number of hydrogen-bond acceptors (Lipinski definition) is 3. The number of hydrogen-bond donors (Lipinski definition) is 1. The highest BCUT2D eigenvalue weighted by Crippen LogP contribution is 2.26. The Kier molecular flexibility index (Phi) is 3.44. The Labute approximate surface area is 117 Å². The molecule has 19 heavy (non-hydrogen) atoms. The molecule has 0 fully saturated rings. The Balaban J connectivity index is 1.80. The molecule has 0 unspecified atom stereocenters. The van der Waals surface area contributed by atoms with Crippen molar-refractivity contribution in [1.82, 2.24) is 14.9 Å². The Morgan fingerprint density at radius 3 is 3.16 bits per heavy atom. The molecule has 3 rings (SSSR count). The number of rotatable bonds is 2. The fraction of sp³-hybridized carbons (Fsp3) is 0.357. The molecule has 0 saturated heterocycles. The van der Waals surface area contributed by atoms with Gasteiger partial charge in [0.2, 0.25) is 0 Å². The summed E-state index contributed by atoms with van der Waals surface area (Å²) in [4.78, 5) is 9.79. The largest absolute Gasteiger partial charge is 0.492 e. The van der Waals surface area contributed by atoms with E-state index in [2.05, 4.69) is 14.9 Å². The van der Waals surface area contributed by atoms with Gasteiger partial charge in [0.1, 0.15) is 12.4 Å². The molecule has 0 amide bonds. The van der Waals surface area contributed by atoms with E-state index in [1.165, 1.54) is 0 Å². The number of H-pyrrole nitrogens is 1. The maximum Gasteiger partial charge on any atom is 0.123 e. The first kappa shape index (κ1) is 12.5. The van der Waals surface area contributed by atoms with Crippen LogP contribution < -0.4 is 4.74 Å². The highest BCUT2D eigenvalue weighted by Gasteiger charge is 2.17. The molecule has 0 radical (unpaired) electrons. The summed E-state index contributed by atoms with van der Waals surface area (Å²) in [7, 11) is 0. The second-order valence-electron chi connectivity index (χ2n) is 4.79. The van der Waals surface area contributed by atoms with Gasteiger partial charge in [-0.25, -0.2) is 4.98 Å². The summed E-state index contributed by atoms with van der Waals surface area (Å²) in [5, 5.41) is 0.750. The molecule has 0 bridgehead atoms. The molecule has 1 aliphatic heterocycles. The lowest BCUT2D eigenvalue weighted by Gasteiger charge is -2.18. The average molecular weight is 278 g/mol. The number of imidazole rings is 1. The molecule has 1 N–H and O–H groups in total. The summed E-state index contributed by atoms with van der Waals surface area (Å²) < 4.78 is 5.75. The number of fused-ring (bicyclic) bond motifs is 1. The summed E-state index contributed by atoms with van der Waals surface area (Å²) in [6.45, 7) is 5.28. The van der Waals surface area contributed by atoms with Crippen molar-refractivity contribution >= 4 is 11.6 Å². The van der Waals surface area contributed by atoms with Crippen LogP contribution in [0, 0.1) is 6.92 Å². The van der Waals surface area contributed by atoms with Crippen molar-refractivity contribution in [1.29, 1.82) is 0 Å². The molecule has 2 heterocycles. The van der Waals surface area contributed by atoms with Gasteiger partial charge in [0.25, 0.3) is 0 Å². The molecule has 0 spiro atoms. The lowest BCUT2D eigenvalue weighted by Crippen LogP contribution is -2.25. The van der Waals surface area contributed by atoms with Gasteiger partial charge < -0.3 is 9.72 Å². The van der Waals surface area contributed by atoms with Crippen LogP contribution in [0.3, 0.4) is 0 Å².